The van der Waals surface area contributed by atoms with E-state index in [1.54, 1.807) is 13.2 Å². The van der Waals surface area contributed by atoms with Gasteiger partial charge in [0.05, 0.1) is 6.61 Å². The third-order valence-corrected chi connectivity index (χ3v) is 3.57. The van der Waals surface area contributed by atoms with E-state index in [4.69, 9.17) is 4.74 Å². The SMILES string of the molecule is COCc1ccccc1NCc1cc(F)ccc1Br. The number of benzene rings is 2. The number of nitrogens with one attached hydrogen (secondary N) is 1. The second kappa shape index (κ2) is 6.68. The summed E-state index contributed by atoms with van der Waals surface area (Å²) in [4.78, 5) is 0. The topological polar surface area (TPSA) is 21.3 Å². The molecule has 2 rings (SSSR count). The predicted octanol–water partition coefficient (Wildman–Crippen LogP) is 4.35. The second-order valence-corrected chi connectivity index (χ2v) is 5.03. The third kappa shape index (κ3) is 3.78. The summed E-state index contributed by atoms with van der Waals surface area (Å²) in [6.07, 6.45) is 0. The van der Waals surface area contributed by atoms with Gasteiger partial charge in [0.1, 0.15) is 5.82 Å². The minimum atomic E-state index is -0.231. The number of halogens is 2. The minimum Gasteiger partial charge on any atom is -0.381 e. The van der Waals surface area contributed by atoms with E-state index in [-0.39, 0.29) is 5.82 Å². The van der Waals surface area contributed by atoms with Gasteiger partial charge in [-0.15, -0.1) is 0 Å². The zero-order valence-corrected chi connectivity index (χ0v) is 12.2. The van der Waals surface area contributed by atoms with Gasteiger partial charge in [0.15, 0.2) is 0 Å². The van der Waals surface area contributed by atoms with Crippen LogP contribution in [0, 0.1) is 5.82 Å². The van der Waals surface area contributed by atoms with Crippen LogP contribution in [0.1, 0.15) is 11.1 Å². The van der Waals surface area contributed by atoms with E-state index in [0.717, 1.165) is 21.3 Å². The summed E-state index contributed by atoms with van der Waals surface area (Å²) < 4.78 is 19.3. The summed E-state index contributed by atoms with van der Waals surface area (Å²) >= 11 is 3.42. The summed E-state index contributed by atoms with van der Waals surface area (Å²) in [5.74, 6) is -0.231. The van der Waals surface area contributed by atoms with Crippen LogP contribution in [0.3, 0.4) is 0 Å². The van der Waals surface area contributed by atoms with Gasteiger partial charge >= 0.3 is 0 Å². The standard InChI is InChI=1S/C15H15BrFNO/c1-19-10-11-4-2-3-5-15(11)18-9-12-8-13(17)6-7-14(12)16/h2-8,18H,9-10H2,1H3. The largest absolute Gasteiger partial charge is 0.381 e. The van der Waals surface area contributed by atoms with E-state index < -0.39 is 0 Å². The zero-order valence-electron chi connectivity index (χ0n) is 10.6. The summed E-state index contributed by atoms with van der Waals surface area (Å²) in [7, 11) is 1.67. The molecule has 1 N–H and O–H groups in total. The van der Waals surface area contributed by atoms with Crippen molar-refractivity contribution in [3.8, 4) is 0 Å². The fourth-order valence-corrected chi connectivity index (χ4v) is 2.23. The first-order valence-corrected chi connectivity index (χ1v) is 6.74. The van der Waals surface area contributed by atoms with Gasteiger partial charge in [-0.3, -0.25) is 0 Å². The molecule has 0 fully saturated rings. The molecule has 0 unspecified atom stereocenters. The highest BCUT2D eigenvalue weighted by atomic mass is 79.9. The maximum Gasteiger partial charge on any atom is 0.123 e. The van der Waals surface area contributed by atoms with Crippen LogP contribution < -0.4 is 5.32 Å². The summed E-state index contributed by atoms with van der Waals surface area (Å²) in [6, 6.07) is 12.6. The van der Waals surface area contributed by atoms with Crippen molar-refractivity contribution in [3.63, 3.8) is 0 Å². The van der Waals surface area contributed by atoms with Crippen molar-refractivity contribution >= 4 is 21.6 Å². The molecule has 4 heteroatoms. The fraction of sp³-hybridized carbons (Fsp3) is 0.200. The quantitative estimate of drug-likeness (QED) is 0.883. The first-order valence-electron chi connectivity index (χ1n) is 5.95. The van der Waals surface area contributed by atoms with E-state index in [1.807, 2.05) is 24.3 Å². The first-order chi connectivity index (χ1) is 9.20. The van der Waals surface area contributed by atoms with Gasteiger partial charge in [0, 0.05) is 29.4 Å². The molecule has 0 heterocycles. The van der Waals surface area contributed by atoms with Gasteiger partial charge in [0.2, 0.25) is 0 Å². The maximum absolute atomic E-state index is 13.2. The maximum atomic E-state index is 13.2. The lowest BCUT2D eigenvalue weighted by Gasteiger charge is -2.12. The number of rotatable bonds is 5. The van der Waals surface area contributed by atoms with Crippen molar-refractivity contribution in [2.75, 3.05) is 12.4 Å². The lowest BCUT2D eigenvalue weighted by molar-refractivity contribution is 0.185. The van der Waals surface area contributed by atoms with Crippen LogP contribution in [-0.4, -0.2) is 7.11 Å². The Labute approximate surface area is 120 Å². The second-order valence-electron chi connectivity index (χ2n) is 4.18. The van der Waals surface area contributed by atoms with E-state index in [1.165, 1.54) is 12.1 Å². The molecule has 0 saturated carbocycles. The van der Waals surface area contributed by atoms with Gasteiger partial charge < -0.3 is 10.1 Å². The molecule has 0 amide bonds. The fourth-order valence-electron chi connectivity index (χ4n) is 1.84. The average molecular weight is 324 g/mol. The Hall–Kier alpha value is -1.39. The average Bonchev–Trinajstić information content (AvgIpc) is 2.42. The molecule has 0 aromatic heterocycles. The first kappa shape index (κ1) is 14.0. The smallest absolute Gasteiger partial charge is 0.123 e. The normalized spacial score (nSPS) is 10.5. The summed E-state index contributed by atoms with van der Waals surface area (Å²) in [6.45, 7) is 1.10. The van der Waals surface area contributed by atoms with Gasteiger partial charge in [-0.25, -0.2) is 4.39 Å². The van der Waals surface area contributed by atoms with Crippen LogP contribution >= 0.6 is 15.9 Å². The van der Waals surface area contributed by atoms with Gasteiger partial charge in [-0.2, -0.15) is 0 Å². The van der Waals surface area contributed by atoms with Gasteiger partial charge in [0.25, 0.3) is 0 Å². The molecule has 0 aliphatic carbocycles. The van der Waals surface area contributed by atoms with Gasteiger partial charge in [-0.1, -0.05) is 34.1 Å². The molecular weight excluding hydrogens is 309 g/mol. The lowest BCUT2D eigenvalue weighted by Crippen LogP contribution is -2.04. The zero-order chi connectivity index (χ0) is 13.7. The molecule has 0 radical (unpaired) electrons. The van der Waals surface area contributed by atoms with Crippen molar-refractivity contribution in [2.45, 2.75) is 13.2 Å². The van der Waals surface area contributed by atoms with Crippen LogP contribution in [-0.2, 0) is 17.9 Å². The molecular formula is C15H15BrFNO. The number of para-hydroxylation sites is 1. The molecule has 19 heavy (non-hydrogen) atoms. The molecule has 0 atom stereocenters. The Balaban J connectivity index is 2.12. The van der Waals surface area contributed by atoms with Crippen molar-refractivity contribution in [1.29, 1.82) is 0 Å². The minimum absolute atomic E-state index is 0.231. The van der Waals surface area contributed by atoms with E-state index >= 15 is 0 Å². The summed E-state index contributed by atoms with van der Waals surface area (Å²) in [5.41, 5.74) is 2.96. The Bertz CT molecular complexity index is 560. The van der Waals surface area contributed by atoms with Crippen LogP contribution in [0.15, 0.2) is 46.9 Å². The third-order valence-electron chi connectivity index (χ3n) is 2.79. The van der Waals surface area contributed by atoms with Crippen molar-refractivity contribution in [3.05, 3.63) is 63.9 Å². The number of anilines is 1. The number of methoxy groups -OCH3 is 1. The Morgan fingerprint density at radius 1 is 1.16 bits per heavy atom. The Kier molecular flexibility index (Phi) is 4.93. The van der Waals surface area contributed by atoms with E-state index in [2.05, 4.69) is 21.2 Å². The number of hydrogen-bond donors (Lipinski definition) is 1. The highest BCUT2D eigenvalue weighted by Crippen LogP contribution is 2.21. The highest BCUT2D eigenvalue weighted by molar-refractivity contribution is 9.10. The predicted molar refractivity (Wildman–Crippen MR) is 78.6 cm³/mol. The number of ether oxygens (including phenoxy) is 1. The van der Waals surface area contributed by atoms with Crippen molar-refractivity contribution in [2.24, 2.45) is 0 Å². The molecule has 2 nitrogen and oxygen atoms in total. The molecule has 0 aliphatic rings. The molecule has 2 aromatic carbocycles. The van der Waals surface area contributed by atoms with Gasteiger partial charge in [-0.05, 0) is 29.8 Å². The monoisotopic (exact) mass is 323 g/mol. The highest BCUT2D eigenvalue weighted by Gasteiger charge is 2.04. The molecule has 100 valence electrons. The Morgan fingerprint density at radius 2 is 1.95 bits per heavy atom. The molecule has 0 bridgehead atoms. The van der Waals surface area contributed by atoms with Crippen LogP contribution in [0.5, 0.6) is 0 Å². The number of hydrogen-bond acceptors (Lipinski definition) is 2. The van der Waals surface area contributed by atoms with Crippen LogP contribution in [0.4, 0.5) is 10.1 Å². The lowest BCUT2D eigenvalue weighted by atomic mass is 10.1. The Morgan fingerprint density at radius 3 is 2.74 bits per heavy atom. The van der Waals surface area contributed by atoms with Crippen LogP contribution in [0.25, 0.3) is 0 Å². The van der Waals surface area contributed by atoms with Crippen molar-refractivity contribution in [1.82, 2.24) is 0 Å². The molecule has 0 saturated heterocycles. The van der Waals surface area contributed by atoms with E-state index in [0.29, 0.717) is 13.2 Å². The van der Waals surface area contributed by atoms with Crippen molar-refractivity contribution < 1.29 is 9.13 Å². The van der Waals surface area contributed by atoms with E-state index in [9.17, 15) is 4.39 Å². The van der Waals surface area contributed by atoms with Crippen LogP contribution in [0.2, 0.25) is 0 Å². The molecule has 2 aromatic rings. The molecule has 0 spiro atoms. The molecule has 0 aliphatic heterocycles. The summed E-state index contributed by atoms with van der Waals surface area (Å²) in [5, 5.41) is 3.31.